The molecule has 1 aliphatic carbocycles. The molecule has 1 saturated carbocycles. The van der Waals surface area contributed by atoms with Crippen molar-refractivity contribution in [3.05, 3.63) is 58.2 Å². The van der Waals surface area contributed by atoms with Crippen LogP contribution in [0.2, 0.25) is 5.02 Å². The normalized spacial score (nSPS) is 18.9. The van der Waals surface area contributed by atoms with Crippen molar-refractivity contribution in [3.63, 3.8) is 0 Å². The van der Waals surface area contributed by atoms with Crippen LogP contribution in [-0.4, -0.2) is 42.4 Å². The summed E-state index contributed by atoms with van der Waals surface area (Å²) in [4.78, 5) is 14.5. The van der Waals surface area contributed by atoms with Gasteiger partial charge >= 0.3 is 6.18 Å². The van der Waals surface area contributed by atoms with Crippen LogP contribution in [0.25, 0.3) is 10.9 Å². The van der Waals surface area contributed by atoms with E-state index in [0.29, 0.717) is 37.1 Å². The standard InChI is InChI=1S/C23H22ClF3N4O3S/c1-30-20-10-13(22(32)29-35(33,34)16-4-5-16)2-6-17(20)21(28-30)14-8-9-31(12-14)19-7-3-15(11-18(19)24)23(25,26)27/h2-3,6-7,10-11,14,16H,4-5,8-9,12H2,1H3,(H,29,32). The first kappa shape index (κ1) is 23.9. The first-order valence-corrected chi connectivity index (χ1v) is 13.0. The molecule has 1 amide bonds. The molecule has 12 heteroatoms. The number of carbonyl (C=O) groups is 1. The second kappa shape index (κ2) is 8.41. The summed E-state index contributed by atoms with van der Waals surface area (Å²) in [7, 11) is -1.91. The van der Waals surface area contributed by atoms with Crippen LogP contribution < -0.4 is 9.62 Å². The molecule has 2 fully saturated rings. The molecule has 35 heavy (non-hydrogen) atoms. The van der Waals surface area contributed by atoms with Gasteiger partial charge in [0.1, 0.15) is 0 Å². The lowest BCUT2D eigenvalue weighted by atomic mass is 10.0. The Morgan fingerprint density at radius 2 is 1.89 bits per heavy atom. The zero-order valence-electron chi connectivity index (χ0n) is 18.6. The summed E-state index contributed by atoms with van der Waals surface area (Å²) in [6.07, 6.45) is -2.61. The van der Waals surface area contributed by atoms with Crippen molar-refractivity contribution in [1.82, 2.24) is 14.5 Å². The summed E-state index contributed by atoms with van der Waals surface area (Å²) in [6.45, 7) is 1.13. The zero-order valence-corrected chi connectivity index (χ0v) is 20.2. The van der Waals surface area contributed by atoms with Crippen LogP contribution >= 0.6 is 11.6 Å². The van der Waals surface area contributed by atoms with Crippen LogP contribution in [0.3, 0.4) is 0 Å². The highest BCUT2D eigenvalue weighted by atomic mass is 35.5. The van der Waals surface area contributed by atoms with Gasteiger partial charge in [0, 0.05) is 37.0 Å². The van der Waals surface area contributed by atoms with E-state index in [0.717, 1.165) is 29.6 Å². The molecule has 0 spiro atoms. The minimum atomic E-state index is -4.46. The quantitative estimate of drug-likeness (QED) is 0.530. The molecule has 186 valence electrons. The van der Waals surface area contributed by atoms with Crippen molar-refractivity contribution in [1.29, 1.82) is 0 Å². The third-order valence-electron chi connectivity index (χ3n) is 6.53. The molecule has 0 bridgehead atoms. The lowest BCUT2D eigenvalue weighted by Crippen LogP contribution is -2.33. The first-order valence-electron chi connectivity index (χ1n) is 11.1. The van der Waals surface area contributed by atoms with Gasteiger partial charge in [-0.3, -0.25) is 9.48 Å². The number of hydrogen-bond acceptors (Lipinski definition) is 5. The molecule has 0 radical (unpaired) electrons. The highest BCUT2D eigenvalue weighted by Gasteiger charge is 2.37. The highest BCUT2D eigenvalue weighted by molar-refractivity contribution is 7.91. The van der Waals surface area contributed by atoms with Gasteiger partial charge < -0.3 is 4.90 Å². The van der Waals surface area contributed by atoms with Crippen LogP contribution in [0.15, 0.2) is 36.4 Å². The maximum absolute atomic E-state index is 13.0. The molecule has 2 heterocycles. The van der Waals surface area contributed by atoms with Crippen molar-refractivity contribution in [2.24, 2.45) is 7.05 Å². The van der Waals surface area contributed by atoms with Gasteiger partial charge in [0.15, 0.2) is 0 Å². The Morgan fingerprint density at radius 3 is 2.54 bits per heavy atom. The molecular formula is C23H22ClF3N4O3S. The van der Waals surface area contributed by atoms with E-state index >= 15 is 0 Å². The highest BCUT2D eigenvalue weighted by Crippen LogP contribution is 2.39. The number of benzene rings is 2. The second-order valence-electron chi connectivity index (χ2n) is 9.01. The number of rotatable bonds is 5. The molecular weight excluding hydrogens is 505 g/mol. The van der Waals surface area contributed by atoms with Gasteiger partial charge in [0.05, 0.1) is 32.7 Å². The molecule has 1 unspecified atom stereocenters. The van der Waals surface area contributed by atoms with Gasteiger partial charge in [-0.1, -0.05) is 17.7 Å². The van der Waals surface area contributed by atoms with Crippen molar-refractivity contribution in [3.8, 4) is 0 Å². The van der Waals surface area contributed by atoms with Crippen LogP contribution in [0, 0.1) is 0 Å². The van der Waals surface area contributed by atoms with E-state index in [9.17, 15) is 26.4 Å². The van der Waals surface area contributed by atoms with Crippen molar-refractivity contribution < 1.29 is 26.4 Å². The van der Waals surface area contributed by atoms with Crippen LogP contribution in [0.4, 0.5) is 18.9 Å². The molecule has 1 atom stereocenters. The number of anilines is 1. The largest absolute Gasteiger partial charge is 0.416 e. The molecule has 1 aromatic heterocycles. The van der Waals surface area contributed by atoms with E-state index in [1.54, 1.807) is 29.9 Å². The summed E-state index contributed by atoms with van der Waals surface area (Å²) in [5.41, 5.74) is 1.47. The minimum Gasteiger partial charge on any atom is -0.370 e. The number of hydrogen-bond donors (Lipinski definition) is 1. The number of sulfonamides is 1. The van der Waals surface area contributed by atoms with Gasteiger partial charge in [-0.05, 0) is 49.6 Å². The molecule has 3 aromatic rings. The Bertz CT molecular complexity index is 1430. The van der Waals surface area contributed by atoms with E-state index in [-0.39, 0.29) is 16.5 Å². The van der Waals surface area contributed by atoms with Crippen LogP contribution in [-0.2, 0) is 23.2 Å². The first-order chi connectivity index (χ1) is 16.4. The lowest BCUT2D eigenvalue weighted by Gasteiger charge is -2.21. The lowest BCUT2D eigenvalue weighted by molar-refractivity contribution is -0.137. The van der Waals surface area contributed by atoms with Gasteiger partial charge in [-0.2, -0.15) is 18.3 Å². The Hall–Kier alpha value is -2.79. The Labute approximate surface area is 204 Å². The zero-order chi connectivity index (χ0) is 25.1. The number of nitrogens with one attached hydrogen (secondary N) is 1. The van der Waals surface area contributed by atoms with Gasteiger partial charge in [0.25, 0.3) is 5.91 Å². The second-order valence-corrected chi connectivity index (χ2v) is 11.4. The Balaban J connectivity index is 1.37. The van der Waals surface area contributed by atoms with Crippen LogP contribution in [0.1, 0.15) is 46.8 Å². The molecule has 2 aliphatic rings. The maximum Gasteiger partial charge on any atom is 0.416 e. The number of alkyl halides is 3. The van der Waals surface area contributed by atoms with Gasteiger partial charge in [-0.25, -0.2) is 13.1 Å². The SMILES string of the molecule is Cn1nc(C2CCN(c3ccc(C(F)(F)F)cc3Cl)C2)c2ccc(C(=O)NS(=O)(=O)C3CC3)cc21. The number of aryl methyl sites for hydroxylation is 1. The average molecular weight is 527 g/mol. The third kappa shape index (κ3) is 4.58. The topological polar surface area (TPSA) is 84.3 Å². The summed E-state index contributed by atoms with van der Waals surface area (Å²) >= 11 is 6.18. The predicted octanol–water partition coefficient (Wildman–Crippen LogP) is 4.46. The maximum atomic E-state index is 13.0. The van der Waals surface area contributed by atoms with Crippen molar-refractivity contribution in [2.45, 2.75) is 36.6 Å². The van der Waals surface area contributed by atoms with E-state index in [2.05, 4.69) is 9.82 Å². The number of fused-ring (bicyclic) bond motifs is 1. The predicted molar refractivity (Wildman–Crippen MR) is 126 cm³/mol. The van der Waals surface area contributed by atoms with E-state index < -0.39 is 32.9 Å². The van der Waals surface area contributed by atoms with Crippen molar-refractivity contribution in [2.75, 3.05) is 18.0 Å². The monoisotopic (exact) mass is 526 g/mol. The molecule has 2 aromatic carbocycles. The fraction of sp³-hybridized carbons (Fsp3) is 0.391. The molecule has 7 nitrogen and oxygen atoms in total. The van der Waals surface area contributed by atoms with Gasteiger partial charge in [-0.15, -0.1) is 0 Å². The Kier molecular flexibility index (Phi) is 5.75. The van der Waals surface area contributed by atoms with Gasteiger partial charge in [0.2, 0.25) is 10.0 Å². The van der Waals surface area contributed by atoms with Crippen molar-refractivity contribution >= 4 is 44.1 Å². The van der Waals surface area contributed by atoms with E-state index in [1.807, 2.05) is 4.90 Å². The third-order valence-corrected chi connectivity index (χ3v) is 8.65. The summed E-state index contributed by atoms with van der Waals surface area (Å²) in [6, 6.07) is 8.31. The number of carbonyl (C=O) groups excluding carboxylic acids is 1. The Morgan fingerprint density at radius 1 is 1.14 bits per heavy atom. The minimum absolute atomic E-state index is 0.00646. The number of nitrogens with zero attached hydrogens (tertiary/aromatic N) is 3. The summed E-state index contributed by atoms with van der Waals surface area (Å²) in [5.74, 6) is -0.669. The fourth-order valence-electron chi connectivity index (χ4n) is 4.52. The number of halogens is 4. The fourth-order valence-corrected chi connectivity index (χ4v) is 6.12. The molecule has 1 N–H and O–H groups in total. The summed E-state index contributed by atoms with van der Waals surface area (Å²) < 4.78 is 66.9. The number of aromatic nitrogens is 2. The average Bonchev–Trinajstić information content (AvgIpc) is 3.47. The molecule has 1 aliphatic heterocycles. The molecule has 1 saturated heterocycles. The van der Waals surface area contributed by atoms with E-state index in [4.69, 9.17) is 11.6 Å². The van der Waals surface area contributed by atoms with E-state index in [1.165, 1.54) is 6.07 Å². The smallest absolute Gasteiger partial charge is 0.370 e. The number of amides is 1. The molecule has 5 rings (SSSR count). The van der Waals surface area contributed by atoms with Crippen LogP contribution in [0.5, 0.6) is 0 Å². The summed E-state index contributed by atoms with van der Waals surface area (Å²) in [5, 5.41) is 5.02.